The molecule has 0 heterocycles. The van der Waals surface area contributed by atoms with E-state index in [-0.39, 0.29) is 18.2 Å². The van der Waals surface area contributed by atoms with Crippen molar-refractivity contribution in [3.63, 3.8) is 0 Å². The first-order chi connectivity index (χ1) is 8.72. The number of benzene rings is 2. The molecule has 2 aromatic rings. The third-order valence-corrected chi connectivity index (χ3v) is 2.90. The minimum absolute atomic E-state index is 0. The molecule has 0 unspecified atom stereocenters. The lowest BCUT2D eigenvalue weighted by molar-refractivity contribution is 0.483. The topological polar surface area (TPSA) is 44.6 Å². The zero-order valence-corrected chi connectivity index (χ0v) is 12.3. The Kier molecular flexibility index (Phi) is 5.99. The first kappa shape index (κ1) is 15.7. The molecule has 0 fully saturated rings. The Morgan fingerprint density at radius 3 is 2.74 bits per heavy atom. The van der Waals surface area contributed by atoms with E-state index in [4.69, 9.17) is 0 Å². The summed E-state index contributed by atoms with van der Waals surface area (Å²) in [6.07, 6.45) is 1.00. The SMILES string of the molecule is CCCNC(S)=Nc1ccc2ccccc2c1O.Cl. The predicted octanol–water partition coefficient (Wildman–Crippen LogP) is 3.88. The van der Waals surface area contributed by atoms with Crippen LogP contribution in [0.1, 0.15) is 13.3 Å². The molecular weight excluding hydrogens is 280 g/mol. The Bertz CT molecular complexity index is 587. The maximum atomic E-state index is 10.2. The van der Waals surface area contributed by atoms with E-state index >= 15 is 0 Å². The van der Waals surface area contributed by atoms with Crippen LogP contribution in [0.4, 0.5) is 5.69 Å². The summed E-state index contributed by atoms with van der Waals surface area (Å²) in [7, 11) is 0. The van der Waals surface area contributed by atoms with Crippen LogP contribution in [0.5, 0.6) is 5.75 Å². The van der Waals surface area contributed by atoms with Crippen LogP contribution in [0.3, 0.4) is 0 Å². The summed E-state index contributed by atoms with van der Waals surface area (Å²) in [6.45, 7) is 2.89. The van der Waals surface area contributed by atoms with Crippen LogP contribution in [0.25, 0.3) is 10.8 Å². The molecule has 2 rings (SSSR count). The number of thiol groups is 1. The molecule has 0 aliphatic rings. The van der Waals surface area contributed by atoms with E-state index in [0.29, 0.717) is 10.9 Å². The lowest BCUT2D eigenvalue weighted by Gasteiger charge is -2.06. The monoisotopic (exact) mass is 296 g/mol. The smallest absolute Gasteiger partial charge is 0.158 e. The summed E-state index contributed by atoms with van der Waals surface area (Å²) in [6, 6.07) is 11.4. The lowest BCUT2D eigenvalue weighted by Crippen LogP contribution is -2.18. The van der Waals surface area contributed by atoms with Crippen molar-refractivity contribution in [1.82, 2.24) is 5.32 Å². The summed E-state index contributed by atoms with van der Waals surface area (Å²) in [4.78, 5) is 4.27. The van der Waals surface area contributed by atoms with Crippen LogP contribution in [-0.4, -0.2) is 16.8 Å². The Morgan fingerprint density at radius 1 is 1.26 bits per heavy atom. The van der Waals surface area contributed by atoms with Crippen molar-refractivity contribution in [1.29, 1.82) is 0 Å². The van der Waals surface area contributed by atoms with E-state index < -0.39 is 0 Å². The second kappa shape index (κ2) is 7.26. The number of rotatable bonds is 3. The highest BCUT2D eigenvalue weighted by Gasteiger charge is 2.05. The third kappa shape index (κ3) is 3.78. The van der Waals surface area contributed by atoms with Crippen LogP contribution in [0.15, 0.2) is 41.4 Å². The molecule has 102 valence electrons. The van der Waals surface area contributed by atoms with Crippen molar-refractivity contribution in [3.8, 4) is 5.75 Å². The van der Waals surface area contributed by atoms with Gasteiger partial charge in [0.1, 0.15) is 11.4 Å². The molecule has 0 spiro atoms. The van der Waals surface area contributed by atoms with E-state index in [1.54, 1.807) is 6.07 Å². The van der Waals surface area contributed by atoms with Gasteiger partial charge in [-0.15, -0.1) is 25.0 Å². The molecule has 19 heavy (non-hydrogen) atoms. The number of nitrogens with zero attached hydrogens (tertiary/aromatic N) is 1. The number of hydrogen-bond acceptors (Lipinski definition) is 2. The zero-order valence-electron chi connectivity index (χ0n) is 10.6. The number of halogens is 1. The molecule has 0 saturated heterocycles. The standard InChI is InChI=1S/C14H16N2OS.ClH/c1-2-9-15-14(18)16-12-8-7-10-5-3-4-6-11(10)13(12)17;/h3-8,17H,2,9H2,1H3,(H2,15,16,18);1H. The summed E-state index contributed by atoms with van der Waals surface area (Å²) in [5.74, 6) is 0.193. The predicted molar refractivity (Wildman–Crippen MR) is 87.2 cm³/mol. The number of aliphatic imine (C=N–C) groups is 1. The maximum Gasteiger partial charge on any atom is 0.158 e. The number of aromatic hydroxyl groups is 1. The van der Waals surface area contributed by atoms with Gasteiger partial charge in [0, 0.05) is 11.9 Å². The number of phenols is 1. The van der Waals surface area contributed by atoms with E-state index in [0.717, 1.165) is 23.7 Å². The number of nitrogens with one attached hydrogen (secondary N) is 1. The van der Waals surface area contributed by atoms with Gasteiger partial charge in [0.2, 0.25) is 0 Å². The maximum absolute atomic E-state index is 10.2. The zero-order chi connectivity index (χ0) is 13.0. The van der Waals surface area contributed by atoms with Crippen molar-refractivity contribution in [2.24, 2.45) is 4.99 Å². The molecule has 0 aliphatic heterocycles. The largest absolute Gasteiger partial charge is 0.505 e. The van der Waals surface area contributed by atoms with Crippen LogP contribution < -0.4 is 5.32 Å². The highest BCUT2D eigenvalue weighted by atomic mass is 35.5. The Labute approximate surface area is 124 Å². The minimum atomic E-state index is 0. The van der Waals surface area contributed by atoms with Gasteiger partial charge in [-0.1, -0.05) is 37.3 Å². The quantitative estimate of drug-likeness (QED) is 0.457. The average Bonchev–Trinajstić information content (AvgIpc) is 2.40. The highest BCUT2D eigenvalue weighted by molar-refractivity contribution is 7.96. The van der Waals surface area contributed by atoms with Gasteiger partial charge < -0.3 is 10.4 Å². The Hall–Kier alpha value is -1.39. The van der Waals surface area contributed by atoms with Gasteiger partial charge in [-0.25, -0.2) is 4.99 Å². The van der Waals surface area contributed by atoms with Gasteiger partial charge in [0.15, 0.2) is 5.17 Å². The van der Waals surface area contributed by atoms with Gasteiger partial charge in [-0.3, -0.25) is 0 Å². The number of hydrogen-bond donors (Lipinski definition) is 3. The molecule has 0 radical (unpaired) electrons. The number of fused-ring (bicyclic) bond motifs is 1. The second-order valence-corrected chi connectivity index (χ2v) is 4.44. The van der Waals surface area contributed by atoms with Crippen LogP contribution in [-0.2, 0) is 0 Å². The summed E-state index contributed by atoms with van der Waals surface area (Å²) < 4.78 is 0. The Morgan fingerprint density at radius 2 is 2.00 bits per heavy atom. The van der Waals surface area contributed by atoms with Gasteiger partial charge in [-0.2, -0.15) is 0 Å². The molecule has 3 nitrogen and oxygen atoms in total. The average molecular weight is 297 g/mol. The Balaban J connectivity index is 0.00000180. The molecule has 0 aromatic heterocycles. The van der Waals surface area contributed by atoms with Gasteiger partial charge in [0.25, 0.3) is 0 Å². The molecule has 0 aliphatic carbocycles. The fraction of sp³-hybridized carbons (Fsp3) is 0.214. The van der Waals surface area contributed by atoms with E-state index in [1.807, 2.05) is 30.3 Å². The normalized spacial score (nSPS) is 11.2. The van der Waals surface area contributed by atoms with Crippen molar-refractivity contribution in [3.05, 3.63) is 36.4 Å². The molecule has 0 bridgehead atoms. The number of phenolic OH excluding ortho intramolecular Hbond substituents is 1. The third-order valence-electron chi connectivity index (χ3n) is 2.64. The van der Waals surface area contributed by atoms with E-state index in [2.05, 4.69) is 29.9 Å². The second-order valence-electron chi connectivity index (χ2n) is 4.02. The minimum Gasteiger partial charge on any atom is -0.505 e. The van der Waals surface area contributed by atoms with E-state index in [9.17, 15) is 5.11 Å². The van der Waals surface area contributed by atoms with Gasteiger partial charge in [-0.05, 0) is 17.9 Å². The summed E-state index contributed by atoms with van der Waals surface area (Å²) in [5, 5.41) is 15.5. The molecule has 2 aromatic carbocycles. The first-order valence-electron chi connectivity index (χ1n) is 5.94. The first-order valence-corrected chi connectivity index (χ1v) is 6.39. The van der Waals surface area contributed by atoms with Gasteiger partial charge >= 0.3 is 0 Å². The number of amidine groups is 1. The molecule has 0 amide bonds. The van der Waals surface area contributed by atoms with Crippen molar-refractivity contribution in [2.75, 3.05) is 6.54 Å². The van der Waals surface area contributed by atoms with Crippen molar-refractivity contribution in [2.45, 2.75) is 13.3 Å². The van der Waals surface area contributed by atoms with Gasteiger partial charge in [0.05, 0.1) is 0 Å². The molecule has 2 N–H and O–H groups in total. The summed E-state index contributed by atoms with van der Waals surface area (Å²) >= 11 is 4.24. The molecule has 0 saturated carbocycles. The van der Waals surface area contributed by atoms with E-state index in [1.165, 1.54) is 0 Å². The van der Waals surface area contributed by atoms with Crippen LogP contribution in [0.2, 0.25) is 0 Å². The van der Waals surface area contributed by atoms with Crippen molar-refractivity contribution < 1.29 is 5.11 Å². The fourth-order valence-corrected chi connectivity index (χ4v) is 1.94. The summed E-state index contributed by atoms with van der Waals surface area (Å²) in [5.41, 5.74) is 0.530. The molecular formula is C14H17ClN2OS. The molecule has 5 heteroatoms. The highest BCUT2D eigenvalue weighted by Crippen LogP contribution is 2.34. The van der Waals surface area contributed by atoms with Crippen molar-refractivity contribution >= 4 is 46.7 Å². The lowest BCUT2D eigenvalue weighted by atomic mass is 10.1. The molecule has 0 atom stereocenters. The fourth-order valence-electron chi connectivity index (χ4n) is 1.72. The van der Waals surface area contributed by atoms with Crippen LogP contribution >= 0.6 is 25.0 Å². The van der Waals surface area contributed by atoms with Crippen LogP contribution in [0, 0.1) is 0 Å².